The maximum absolute atomic E-state index is 11.9. The zero-order chi connectivity index (χ0) is 29.6. The van der Waals surface area contributed by atoms with Gasteiger partial charge in [-0.05, 0) is 13.8 Å². The van der Waals surface area contributed by atoms with Crippen LogP contribution in [-0.2, 0) is 19.0 Å². The monoisotopic (exact) mass is 570 g/mol. The molecule has 2 unspecified atom stereocenters. The maximum atomic E-state index is 11.9. The van der Waals surface area contributed by atoms with Crippen LogP contribution in [-0.4, -0.2) is 166 Å². The number of amides is 1. The molecule has 16 atom stereocenters. The van der Waals surface area contributed by atoms with Gasteiger partial charge < -0.3 is 75.7 Å². The molecule has 0 spiro atoms. The lowest BCUT2D eigenvalue weighted by Gasteiger charge is -2.55. The molecule has 0 aromatic carbocycles. The third kappa shape index (κ3) is 6.24. The van der Waals surface area contributed by atoms with Crippen molar-refractivity contribution < 1.29 is 75.2 Å². The van der Waals surface area contributed by atoms with Gasteiger partial charge in [-0.3, -0.25) is 4.79 Å². The van der Waals surface area contributed by atoms with Crippen molar-refractivity contribution in [2.75, 3.05) is 6.61 Å². The number of nitrogens with one attached hydrogen (secondary N) is 1. The number of aliphatic hydroxyl groups is 11. The van der Waals surface area contributed by atoms with Crippen molar-refractivity contribution in [3.8, 4) is 0 Å². The Hall–Kier alpha value is -1.09. The van der Waals surface area contributed by atoms with Crippen molar-refractivity contribution in [1.82, 2.24) is 5.32 Å². The van der Waals surface area contributed by atoms with Gasteiger partial charge in [0.1, 0.15) is 67.1 Å². The maximum Gasteiger partial charge on any atom is 0.217 e. The first-order chi connectivity index (χ1) is 18.0. The fourth-order valence-corrected chi connectivity index (χ4v) is 5.41. The lowest BCUT2D eigenvalue weighted by Crippen LogP contribution is -2.72. The summed E-state index contributed by atoms with van der Waals surface area (Å²) in [7, 11) is 0. The van der Waals surface area contributed by atoms with Gasteiger partial charge in [0.2, 0.25) is 5.91 Å². The number of ether oxygens (including phenoxy) is 3. The summed E-state index contributed by atoms with van der Waals surface area (Å²) in [6, 6.07) is -1.44. The molecule has 16 heteroatoms. The molecule has 0 aromatic heterocycles. The van der Waals surface area contributed by atoms with E-state index in [0.717, 1.165) is 6.92 Å². The van der Waals surface area contributed by atoms with Crippen LogP contribution in [0.3, 0.4) is 0 Å². The molecule has 0 aliphatic carbocycles. The van der Waals surface area contributed by atoms with Crippen LogP contribution in [0.4, 0.5) is 0 Å². The SMILES string of the molecule is CC(=O)N[C@H]1[C@H]([C@H](O)[C@H](O)CO)O[C@](O)([C](C2O[C@H](C)[C@H](O)[C@H](O)[C@H]2O)C2O[C@H](C)[C@H](O)[C@H](O)[C@H]2O)C[C@@H]1O. The minimum Gasteiger partial charge on any atom is -0.394 e. The molecule has 39 heavy (non-hydrogen) atoms. The Labute approximate surface area is 224 Å². The van der Waals surface area contributed by atoms with Crippen LogP contribution in [0.5, 0.6) is 0 Å². The highest BCUT2D eigenvalue weighted by Crippen LogP contribution is 2.46. The van der Waals surface area contributed by atoms with Gasteiger partial charge in [0.05, 0.1) is 36.9 Å². The molecule has 0 aromatic rings. The average Bonchev–Trinajstić information content (AvgIpc) is 2.87. The molecule has 0 bridgehead atoms. The standard InChI is InChI=1S/C23H40NO15/c1-6-13(29)16(32)18(34)20(37-6)11(21-19(35)17(33)14(30)7(2)38-21)23(36)4-9(27)12(24-8(3)26)22(39-23)15(31)10(28)5-25/h6-7,9-10,12-22,25,27-36H,4-5H2,1-3H3,(H,24,26)/t6-,7-,9+,10-,12-,13+,14+,15-,16+,17+,18-,19-,20?,21?,22-,23+/m1/s1. The summed E-state index contributed by atoms with van der Waals surface area (Å²) in [6.45, 7) is 2.79. The van der Waals surface area contributed by atoms with Gasteiger partial charge in [0.25, 0.3) is 0 Å². The number of aliphatic hydroxyl groups excluding tert-OH is 10. The van der Waals surface area contributed by atoms with Crippen LogP contribution in [0.2, 0.25) is 0 Å². The van der Waals surface area contributed by atoms with Crippen LogP contribution >= 0.6 is 0 Å². The van der Waals surface area contributed by atoms with E-state index in [1.54, 1.807) is 0 Å². The topological polar surface area (TPSA) is 279 Å². The first-order valence-electron chi connectivity index (χ1n) is 12.6. The number of carbonyl (C=O) groups is 1. The number of hydrogen-bond donors (Lipinski definition) is 12. The molecular formula is C23H40NO15. The highest BCUT2D eigenvalue weighted by Gasteiger charge is 2.63. The number of carbonyl (C=O) groups excluding carboxylic acids is 1. The second-order valence-corrected chi connectivity index (χ2v) is 10.5. The number of rotatable bonds is 7. The van der Waals surface area contributed by atoms with E-state index in [2.05, 4.69) is 5.32 Å². The van der Waals surface area contributed by atoms with Gasteiger partial charge in [-0.1, -0.05) is 0 Å². The normalized spacial score (nSPS) is 48.9. The molecule has 3 heterocycles. The van der Waals surface area contributed by atoms with E-state index in [4.69, 9.17) is 14.2 Å². The van der Waals surface area contributed by atoms with Gasteiger partial charge in [0, 0.05) is 13.3 Å². The summed E-state index contributed by atoms with van der Waals surface area (Å²) in [5, 5.41) is 118. The van der Waals surface area contributed by atoms with Crippen molar-refractivity contribution in [3.63, 3.8) is 0 Å². The van der Waals surface area contributed by atoms with E-state index in [1.807, 2.05) is 0 Å². The van der Waals surface area contributed by atoms with E-state index >= 15 is 0 Å². The molecule has 227 valence electrons. The molecular weight excluding hydrogens is 530 g/mol. The Kier molecular flexibility index (Phi) is 10.3. The minimum atomic E-state index is -2.82. The summed E-state index contributed by atoms with van der Waals surface area (Å²) >= 11 is 0. The first-order valence-corrected chi connectivity index (χ1v) is 12.6. The van der Waals surface area contributed by atoms with E-state index in [1.165, 1.54) is 13.8 Å². The molecule has 3 aliphatic rings. The van der Waals surface area contributed by atoms with Gasteiger partial charge in [0.15, 0.2) is 5.79 Å². The van der Waals surface area contributed by atoms with Crippen LogP contribution in [0.15, 0.2) is 0 Å². The molecule has 3 fully saturated rings. The van der Waals surface area contributed by atoms with Crippen LogP contribution < -0.4 is 5.32 Å². The molecule has 1 radical (unpaired) electrons. The summed E-state index contributed by atoms with van der Waals surface area (Å²) in [5.41, 5.74) is 0. The molecule has 3 saturated heterocycles. The Bertz CT molecular complexity index is 803. The van der Waals surface area contributed by atoms with Crippen molar-refractivity contribution in [1.29, 1.82) is 0 Å². The second-order valence-electron chi connectivity index (χ2n) is 10.5. The zero-order valence-electron chi connectivity index (χ0n) is 21.6. The fourth-order valence-electron chi connectivity index (χ4n) is 5.41. The van der Waals surface area contributed by atoms with Crippen molar-refractivity contribution >= 4 is 5.91 Å². The number of hydrogen-bond acceptors (Lipinski definition) is 15. The second kappa shape index (κ2) is 12.4. The molecule has 1 amide bonds. The lowest BCUT2D eigenvalue weighted by molar-refractivity contribution is -0.327. The van der Waals surface area contributed by atoms with Crippen molar-refractivity contribution in [2.45, 2.75) is 124 Å². The largest absolute Gasteiger partial charge is 0.394 e. The Morgan fingerprint density at radius 2 is 1.33 bits per heavy atom. The van der Waals surface area contributed by atoms with E-state index in [9.17, 15) is 61.0 Å². The fraction of sp³-hybridized carbons (Fsp3) is 0.913. The Balaban J connectivity index is 2.12. The van der Waals surface area contributed by atoms with Crippen molar-refractivity contribution in [3.05, 3.63) is 5.92 Å². The predicted octanol–water partition coefficient (Wildman–Crippen LogP) is -6.64. The molecule has 3 aliphatic heterocycles. The van der Waals surface area contributed by atoms with E-state index in [-0.39, 0.29) is 0 Å². The highest BCUT2D eigenvalue weighted by atomic mass is 16.7. The van der Waals surface area contributed by atoms with Crippen LogP contribution in [0.25, 0.3) is 0 Å². The van der Waals surface area contributed by atoms with Gasteiger partial charge in [-0.25, -0.2) is 0 Å². The van der Waals surface area contributed by atoms with Crippen LogP contribution in [0.1, 0.15) is 27.2 Å². The summed E-state index contributed by atoms with van der Waals surface area (Å²) in [5.74, 6) is -4.09. The first kappa shape index (κ1) is 32.4. The molecule has 0 saturated carbocycles. The predicted molar refractivity (Wildman–Crippen MR) is 125 cm³/mol. The molecule has 16 nitrogen and oxygen atoms in total. The van der Waals surface area contributed by atoms with E-state index in [0.29, 0.717) is 0 Å². The smallest absolute Gasteiger partial charge is 0.217 e. The van der Waals surface area contributed by atoms with E-state index < -0.39 is 122 Å². The Morgan fingerprint density at radius 1 is 0.872 bits per heavy atom. The van der Waals surface area contributed by atoms with Crippen molar-refractivity contribution in [2.24, 2.45) is 0 Å². The Morgan fingerprint density at radius 3 is 1.74 bits per heavy atom. The average molecular weight is 571 g/mol. The highest BCUT2D eigenvalue weighted by molar-refractivity contribution is 5.73. The summed E-state index contributed by atoms with van der Waals surface area (Å²) < 4.78 is 17.1. The molecule has 3 rings (SSSR count). The summed E-state index contributed by atoms with van der Waals surface area (Å²) in [4.78, 5) is 11.8. The quantitative estimate of drug-likeness (QED) is 0.135. The van der Waals surface area contributed by atoms with Gasteiger partial charge in [-0.15, -0.1) is 0 Å². The third-order valence-electron chi connectivity index (χ3n) is 7.64. The molecule has 12 N–H and O–H groups in total. The zero-order valence-corrected chi connectivity index (χ0v) is 21.6. The van der Waals surface area contributed by atoms with Gasteiger partial charge >= 0.3 is 0 Å². The van der Waals surface area contributed by atoms with Gasteiger partial charge in [-0.2, -0.15) is 0 Å². The lowest BCUT2D eigenvalue weighted by atomic mass is 9.72. The minimum absolute atomic E-state index is 0.589. The summed E-state index contributed by atoms with van der Waals surface area (Å²) in [6.07, 6.45) is -25.0. The van der Waals surface area contributed by atoms with Crippen LogP contribution in [0, 0.1) is 5.92 Å². The third-order valence-corrected chi connectivity index (χ3v) is 7.64.